The lowest BCUT2D eigenvalue weighted by atomic mass is 10.2. The van der Waals surface area contributed by atoms with Crippen LogP contribution in [0.25, 0.3) is 0 Å². The fourth-order valence-corrected chi connectivity index (χ4v) is 1.68. The van der Waals surface area contributed by atoms with Gasteiger partial charge in [-0.2, -0.15) is 0 Å². The minimum atomic E-state index is -1.45. The molecule has 0 fully saturated rings. The molecule has 0 aliphatic rings. The number of hydrogen-bond acceptors (Lipinski definition) is 4. The number of pyridine rings is 1. The maximum Gasteiger partial charge on any atom is 0.356 e. The molecule has 1 heterocycles. The quantitative estimate of drug-likeness (QED) is 0.846. The van der Waals surface area contributed by atoms with E-state index in [2.05, 4.69) is 0 Å². The molecule has 0 saturated carbocycles. The molecule has 2 N–H and O–H groups in total. The highest BCUT2D eigenvalue weighted by atomic mass is 16.7. The summed E-state index contributed by atoms with van der Waals surface area (Å²) in [6.07, 6.45) is 0. The number of carbonyl (C=O) groups is 2. The Bertz CT molecular complexity index is 735. The Kier molecular flexibility index (Phi) is 4.03. The largest absolute Gasteiger partial charge is 0.477 e. The average molecular weight is 289 g/mol. The number of benzene rings is 1. The van der Waals surface area contributed by atoms with Crippen LogP contribution in [0.5, 0.6) is 0 Å². The van der Waals surface area contributed by atoms with E-state index in [0.29, 0.717) is 10.3 Å². The molecule has 1 aromatic carbocycles. The summed E-state index contributed by atoms with van der Waals surface area (Å²) in [6, 6.07) is 10.7. The van der Waals surface area contributed by atoms with E-state index in [9.17, 15) is 14.4 Å². The molecule has 0 unspecified atom stereocenters. The third-order valence-corrected chi connectivity index (χ3v) is 2.69. The van der Waals surface area contributed by atoms with Gasteiger partial charge in [0.25, 0.3) is 5.56 Å². The molecule has 21 heavy (non-hydrogen) atoms. The maximum atomic E-state index is 12.0. The van der Waals surface area contributed by atoms with E-state index in [-0.39, 0.29) is 6.61 Å². The van der Waals surface area contributed by atoms with Gasteiger partial charge in [0.15, 0.2) is 5.69 Å². The molecular weight excluding hydrogens is 278 g/mol. The van der Waals surface area contributed by atoms with Crippen LogP contribution in [-0.4, -0.2) is 26.9 Å². The standard InChI is InChI=1S/C14H11NO6/c16-12-10(13(17)18)6-7-11(14(19)20)15(12)21-8-9-4-2-1-3-5-9/h1-7H,8H2,(H,17,18)(H,19,20). The van der Waals surface area contributed by atoms with E-state index in [4.69, 9.17) is 15.1 Å². The van der Waals surface area contributed by atoms with Gasteiger partial charge in [-0.25, -0.2) is 9.59 Å². The lowest BCUT2D eigenvalue weighted by Crippen LogP contribution is -2.34. The van der Waals surface area contributed by atoms with Crippen LogP contribution < -0.4 is 10.4 Å². The molecule has 0 bridgehead atoms. The van der Waals surface area contributed by atoms with Gasteiger partial charge >= 0.3 is 11.9 Å². The third kappa shape index (κ3) is 3.08. The van der Waals surface area contributed by atoms with Crippen LogP contribution >= 0.6 is 0 Å². The minimum absolute atomic E-state index is 0.0654. The second-order valence-electron chi connectivity index (χ2n) is 4.10. The summed E-state index contributed by atoms with van der Waals surface area (Å²) >= 11 is 0. The van der Waals surface area contributed by atoms with Gasteiger partial charge in [0, 0.05) is 0 Å². The van der Waals surface area contributed by atoms with Crippen molar-refractivity contribution >= 4 is 11.9 Å². The molecule has 2 rings (SSSR count). The third-order valence-electron chi connectivity index (χ3n) is 2.69. The summed E-state index contributed by atoms with van der Waals surface area (Å²) in [6.45, 7) is -0.0654. The van der Waals surface area contributed by atoms with Crippen LogP contribution in [0.2, 0.25) is 0 Å². The van der Waals surface area contributed by atoms with Crippen molar-refractivity contribution in [2.24, 2.45) is 0 Å². The van der Waals surface area contributed by atoms with Crippen molar-refractivity contribution in [2.75, 3.05) is 0 Å². The van der Waals surface area contributed by atoms with Crippen molar-refractivity contribution < 1.29 is 24.6 Å². The first kappa shape index (κ1) is 14.3. The van der Waals surface area contributed by atoms with E-state index >= 15 is 0 Å². The van der Waals surface area contributed by atoms with Crippen molar-refractivity contribution in [2.45, 2.75) is 6.61 Å². The fraction of sp³-hybridized carbons (Fsp3) is 0.0714. The molecule has 7 heteroatoms. The Hall–Kier alpha value is -3.09. The second kappa shape index (κ2) is 5.91. The zero-order valence-corrected chi connectivity index (χ0v) is 10.7. The van der Waals surface area contributed by atoms with E-state index in [1.165, 1.54) is 0 Å². The van der Waals surface area contributed by atoms with Crippen LogP contribution in [0.15, 0.2) is 47.3 Å². The Labute approximate surface area is 118 Å². The first-order chi connectivity index (χ1) is 10.0. The predicted octanol–water partition coefficient (Wildman–Crippen LogP) is 0.873. The van der Waals surface area contributed by atoms with E-state index in [1.54, 1.807) is 30.3 Å². The normalized spacial score (nSPS) is 10.1. The van der Waals surface area contributed by atoms with Gasteiger partial charge in [0.05, 0.1) is 0 Å². The molecule has 7 nitrogen and oxygen atoms in total. The summed E-state index contributed by atoms with van der Waals surface area (Å²) in [4.78, 5) is 39.1. The fourth-order valence-electron chi connectivity index (χ4n) is 1.68. The maximum absolute atomic E-state index is 12.0. The number of carboxylic acids is 2. The predicted molar refractivity (Wildman–Crippen MR) is 71.3 cm³/mol. The zero-order valence-electron chi connectivity index (χ0n) is 10.7. The Balaban J connectivity index is 2.40. The Morgan fingerprint density at radius 3 is 2.24 bits per heavy atom. The zero-order chi connectivity index (χ0) is 15.4. The summed E-state index contributed by atoms with van der Waals surface area (Å²) in [5.41, 5.74) is -1.33. The molecule has 1 aromatic heterocycles. The van der Waals surface area contributed by atoms with Gasteiger partial charge in [0.2, 0.25) is 0 Å². The van der Waals surface area contributed by atoms with Crippen molar-refractivity contribution in [3.63, 3.8) is 0 Å². The molecule has 0 aliphatic heterocycles. The minimum Gasteiger partial charge on any atom is -0.477 e. The lowest BCUT2D eigenvalue weighted by molar-refractivity contribution is 0.0517. The number of nitrogens with zero attached hydrogens (tertiary/aromatic N) is 1. The van der Waals surface area contributed by atoms with E-state index in [1.807, 2.05) is 0 Å². The first-order valence-electron chi connectivity index (χ1n) is 5.90. The van der Waals surface area contributed by atoms with Crippen molar-refractivity contribution in [1.29, 1.82) is 0 Å². The molecule has 0 radical (unpaired) electrons. The van der Waals surface area contributed by atoms with E-state index in [0.717, 1.165) is 12.1 Å². The van der Waals surface area contributed by atoms with Crippen LogP contribution in [0.4, 0.5) is 0 Å². The van der Waals surface area contributed by atoms with Gasteiger partial charge < -0.3 is 15.1 Å². The summed E-state index contributed by atoms with van der Waals surface area (Å²) in [5.74, 6) is -2.84. The highest BCUT2D eigenvalue weighted by molar-refractivity contribution is 5.89. The smallest absolute Gasteiger partial charge is 0.356 e. The summed E-state index contributed by atoms with van der Waals surface area (Å²) in [7, 11) is 0. The van der Waals surface area contributed by atoms with Gasteiger partial charge in [-0.1, -0.05) is 30.3 Å². The van der Waals surface area contributed by atoms with Gasteiger partial charge in [-0.3, -0.25) is 4.79 Å². The molecule has 0 spiro atoms. The number of aromatic carboxylic acids is 2. The van der Waals surface area contributed by atoms with Gasteiger partial charge in [-0.05, 0) is 17.7 Å². The average Bonchev–Trinajstić information content (AvgIpc) is 2.46. The monoisotopic (exact) mass is 289 g/mol. The highest BCUT2D eigenvalue weighted by Gasteiger charge is 2.18. The van der Waals surface area contributed by atoms with Crippen LogP contribution in [0, 0.1) is 0 Å². The second-order valence-corrected chi connectivity index (χ2v) is 4.10. The van der Waals surface area contributed by atoms with Crippen molar-refractivity contribution in [1.82, 2.24) is 4.73 Å². The van der Waals surface area contributed by atoms with Crippen molar-refractivity contribution in [3.8, 4) is 0 Å². The SMILES string of the molecule is O=C(O)c1ccc(C(=O)O)n(OCc2ccccc2)c1=O. The van der Waals surface area contributed by atoms with Crippen LogP contribution in [0.1, 0.15) is 26.4 Å². The summed E-state index contributed by atoms with van der Waals surface area (Å²) in [5, 5.41) is 17.9. The first-order valence-corrected chi connectivity index (χ1v) is 5.90. The number of aromatic nitrogens is 1. The molecule has 0 aliphatic carbocycles. The summed E-state index contributed by atoms with van der Waals surface area (Å²) < 4.78 is 0.485. The molecule has 2 aromatic rings. The van der Waals surface area contributed by atoms with Gasteiger partial charge in [-0.15, -0.1) is 4.73 Å². The highest BCUT2D eigenvalue weighted by Crippen LogP contribution is 2.03. The van der Waals surface area contributed by atoms with Crippen LogP contribution in [-0.2, 0) is 6.61 Å². The van der Waals surface area contributed by atoms with Gasteiger partial charge in [0.1, 0.15) is 12.2 Å². The van der Waals surface area contributed by atoms with Crippen molar-refractivity contribution in [3.05, 3.63) is 69.6 Å². The molecule has 0 amide bonds. The Morgan fingerprint density at radius 2 is 1.67 bits per heavy atom. The van der Waals surface area contributed by atoms with Crippen LogP contribution in [0.3, 0.4) is 0 Å². The Morgan fingerprint density at radius 1 is 1.00 bits per heavy atom. The molecule has 108 valence electrons. The molecule has 0 saturated heterocycles. The lowest BCUT2D eigenvalue weighted by Gasteiger charge is -2.12. The topological polar surface area (TPSA) is 106 Å². The van der Waals surface area contributed by atoms with E-state index < -0.39 is 28.8 Å². The number of carboxylic acid groups (broad SMARTS) is 2. The number of hydrogen-bond donors (Lipinski definition) is 2. The molecular formula is C14H11NO6. The number of rotatable bonds is 5. The molecule has 0 atom stereocenters.